The molecule has 1 saturated heterocycles. The quantitative estimate of drug-likeness (QED) is 0.663. The lowest BCUT2D eigenvalue weighted by Gasteiger charge is -2.02. The number of carbonyl (C=O) groups excluding carboxylic acids is 1. The lowest BCUT2D eigenvalue weighted by Crippen LogP contribution is -2.17. The first-order valence-electron chi connectivity index (χ1n) is 4.39. The molecule has 2 rings (SSSR count). The molecule has 0 spiro atoms. The smallest absolute Gasteiger partial charge is 0.430 e. The molecule has 1 aliphatic rings. The van der Waals surface area contributed by atoms with Crippen LogP contribution >= 0.6 is 0 Å². The van der Waals surface area contributed by atoms with Crippen molar-refractivity contribution in [3.05, 3.63) is 35.9 Å². The van der Waals surface area contributed by atoms with Gasteiger partial charge in [0.1, 0.15) is 6.61 Å². The van der Waals surface area contributed by atoms with E-state index < -0.39 is 0 Å². The van der Waals surface area contributed by atoms with Crippen molar-refractivity contribution < 1.29 is 9.53 Å². The second-order valence-corrected chi connectivity index (χ2v) is 2.89. The van der Waals surface area contributed by atoms with E-state index >= 15 is 0 Å². The van der Waals surface area contributed by atoms with Crippen molar-refractivity contribution >= 4 is 12.3 Å². The fourth-order valence-corrected chi connectivity index (χ4v) is 1.17. The average molecular weight is 190 g/mol. The predicted molar refractivity (Wildman–Crippen MR) is 52.1 cm³/mol. The molecule has 1 amide bonds. The fourth-order valence-electron chi connectivity index (χ4n) is 1.17. The van der Waals surface area contributed by atoms with Gasteiger partial charge in [-0.1, -0.05) is 30.3 Å². The lowest BCUT2D eigenvalue weighted by atomic mass is 10.2. The summed E-state index contributed by atoms with van der Waals surface area (Å²) < 4.78 is 4.73. The van der Waals surface area contributed by atoms with Crippen LogP contribution in [0.4, 0.5) is 4.79 Å². The van der Waals surface area contributed by atoms with E-state index in [2.05, 4.69) is 5.10 Å². The third-order valence-corrected chi connectivity index (χ3v) is 1.89. The van der Waals surface area contributed by atoms with Gasteiger partial charge in [-0.15, -0.1) is 0 Å². The van der Waals surface area contributed by atoms with E-state index in [-0.39, 0.29) is 6.09 Å². The molecule has 0 unspecified atom stereocenters. The molecule has 0 atom stereocenters. The second-order valence-electron chi connectivity index (χ2n) is 2.89. The Morgan fingerprint density at radius 2 is 2.14 bits per heavy atom. The molecule has 0 bridgehead atoms. The van der Waals surface area contributed by atoms with Gasteiger partial charge in [0.15, 0.2) is 0 Å². The molecule has 0 radical (unpaired) electrons. The summed E-state index contributed by atoms with van der Waals surface area (Å²) in [7, 11) is 0. The summed E-state index contributed by atoms with van der Waals surface area (Å²) in [6, 6.07) is 9.62. The van der Waals surface area contributed by atoms with Crippen LogP contribution < -0.4 is 0 Å². The normalized spacial score (nSPS) is 16.3. The summed E-state index contributed by atoms with van der Waals surface area (Å²) in [6.07, 6.45) is 1.27. The van der Waals surface area contributed by atoms with Crippen molar-refractivity contribution in [3.8, 4) is 0 Å². The highest BCUT2D eigenvalue weighted by Gasteiger charge is 2.20. The van der Waals surface area contributed by atoms with E-state index in [4.69, 9.17) is 4.74 Å². The first-order chi connectivity index (χ1) is 6.86. The number of hydrogen-bond donors (Lipinski definition) is 0. The zero-order valence-corrected chi connectivity index (χ0v) is 7.59. The van der Waals surface area contributed by atoms with E-state index in [1.807, 2.05) is 30.3 Å². The van der Waals surface area contributed by atoms with Gasteiger partial charge in [-0.2, -0.15) is 10.1 Å². The molecular formula is C10H10N2O2. The first-order valence-corrected chi connectivity index (χ1v) is 4.39. The number of carbonyl (C=O) groups is 1. The molecule has 1 aromatic carbocycles. The van der Waals surface area contributed by atoms with E-state index in [9.17, 15) is 4.79 Å². The van der Waals surface area contributed by atoms with E-state index in [0.29, 0.717) is 13.2 Å². The Labute approximate surface area is 81.8 Å². The SMILES string of the molecule is O=C1OCCN1N=Cc1ccccc1. The zero-order chi connectivity index (χ0) is 9.80. The molecule has 1 heterocycles. The fraction of sp³-hybridized carbons (Fsp3) is 0.200. The molecule has 0 aliphatic carbocycles. The largest absolute Gasteiger partial charge is 0.446 e. The minimum absolute atomic E-state index is 0.378. The highest BCUT2D eigenvalue weighted by atomic mass is 16.6. The van der Waals surface area contributed by atoms with Crippen LogP contribution in [0.2, 0.25) is 0 Å². The van der Waals surface area contributed by atoms with Gasteiger partial charge >= 0.3 is 6.09 Å². The van der Waals surface area contributed by atoms with Gasteiger partial charge in [0.2, 0.25) is 0 Å². The maximum absolute atomic E-state index is 11.0. The molecule has 0 aromatic heterocycles. The van der Waals surface area contributed by atoms with Gasteiger partial charge in [0.05, 0.1) is 12.8 Å². The standard InChI is InChI=1S/C10H10N2O2/c13-10-12(6-7-14-10)11-8-9-4-2-1-3-5-9/h1-5,8H,6-7H2. The Kier molecular flexibility index (Phi) is 2.44. The van der Waals surface area contributed by atoms with Crippen LogP contribution in [0.25, 0.3) is 0 Å². The highest BCUT2D eigenvalue weighted by molar-refractivity contribution is 5.80. The van der Waals surface area contributed by atoms with Gasteiger partial charge in [0.25, 0.3) is 0 Å². The summed E-state index contributed by atoms with van der Waals surface area (Å²) in [5, 5.41) is 5.32. The minimum atomic E-state index is -0.378. The third-order valence-electron chi connectivity index (χ3n) is 1.89. The van der Waals surface area contributed by atoms with Crippen LogP contribution in [0.5, 0.6) is 0 Å². The van der Waals surface area contributed by atoms with Crippen molar-refractivity contribution in [1.29, 1.82) is 0 Å². The van der Waals surface area contributed by atoms with Gasteiger partial charge in [-0.25, -0.2) is 4.79 Å². The van der Waals surface area contributed by atoms with Crippen molar-refractivity contribution in [2.75, 3.05) is 13.2 Å². The number of rotatable bonds is 2. The predicted octanol–water partition coefficient (Wildman–Crippen LogP) is 1.47. The Morgan fingerprint density at radius 1 is 1.36 bits per heavy atom. The minimum Gasteiger partial charge on any atom is -0.446 e. The van der Waals surface area contributed by atoms with Crippen molar-refractivity contribution in [2.45, 2.75) is 0 Å². The van der Waals surface area contributed by atoms with Crippen LogP contribution in [0.15, 0.2) is 35.4 Å². The number of hydrogen-bond acceptors (Lipinski definition) is 3. The maximum Gasteiger partial charge on any atom is 0.430 e. The topological polar surface area (TPSA) is 41.9 Å². The van der Waals surface area contributed by atoms with Crippen LogP contribution in [0, 0.1) is 0 Å². The molecule has 72 valence electrons. The zero-order valence-electron chi connectivity index (χ0n) is 7.59. The van der Waals surface area contributed by atoms with Crippen LogP contribution in [0.1, 0.15) is 5.56 Å². The van der Waals surface area contributed by atoms with Gasteiger partial charge in [0, 0.05) is 0 Å². The molecule has 0 saturated carbocycles. The van der Waals surface area contributed by atoms with Crippen LogP contribution in [0.3, 0.4) is 0 Å². The summed E-state index contributed by atoms with van der Waals surface area (Å²) in [5.41, 5.74) is 0.965. The highest BCUT2D eigenvalue weighted by Crippen LogP contribution is 2.03. The monoisotopic (exact) mass is 190 g/mol. The summed E-state index contributed by atoms with van der Waals surface area (Å²) in [4.78, 5) is 11.0. The van der Waals surface area contributed by atoms with Crippen molar-refractivity contribution in [3.63, 3.8) is 0 Å². The van der Waals surface area contributed by atoms with Crippen molar-refractivity contribution in [1.82, 2.24) is 5.01 Å². The number of benzene rings is 1. The molecule has 4 nitrogen and oxygen atoms in total. The first kappa shape index (κ1) is 8.74. The number of ether oxygens (including phenoxy) is 1. The molecular weight excluding hydrogens is 180 g/mol. The Balaban J connectivity index is 2.03. The number of amides is 1. The average Bonchev–Trinajstić information content (AvgIpc) is 2.63. The van der Waals surface area contributed by atoms with Crippen LogP contribution in [-0.2, 0) is 4.74 Å². The maximum atomic E-state index is 11.0. The Hall–Kier alpha value is -1.84. The summed E-state index contributed by atoms with van der Waals surface area (Å²) in [5.74, 6) is 0. The van der Waals surface area contributed by atoms with Crippen molar-refractivity contribution in [2.24, 2.45) is 5.10 Å². The third kappa shape index (κ3) is 1.90. The summed E-state index contributed by atoms with van der Waals surface area (Å²) >= 11 is 0. The van der Waals surface area contributed by atoms with Gasteiger partial charge < -0.3 is 4.74 Å². The number of cyclic esters (lactones) is 1. The number of hydrazone groups is 1. The van der Waals surface area contributed by atoms with Gasteiger partial charge in [-0.05, 0) is 5.56 Å². The molecule has 1 aromatic rings. The van der Waals surface area contributed by atoms with Gasteiger partial charge in [-0.3, -0.25) is 0 Å². The van der Waals surface area contributed by atoms with E-state index in [0.717, 1.165) is 5.56 Å². The molecule has 1 aliphatic heterocycles. The Morgan fingerprint density at radius 3 is 2.79 bits per heavy atom. The lowest BCUT2D eigenvalue weighted by molar-refractivity contribution is 0.159. The van der Waals surface area contributed by atoms with E-state index in [1.54, 1.807) is 6.21 Å². The second kappa shape index (κ2) is 3.91. The molecule has 4 heteroatoms. The molecule has 0 N–H and O–H groups in total. The molecule has 1 fully saturated rings. The number of nitrogens with zero attached hydrogens (tertiary/aromatic N) is 2. The molecule has 14 heavy (non-hydrogen) atoms. The van der Waals surface area contributed by atoms with E-state index in [1.165, 1.54) is 5.01 Å². The summed E-state index contributed by atoms with van der Waals surface area (Å²) in [6.45, 7) is 0.952. The Bertz CT molecular complexity index is 348. The van der Waals surface area contributed by atoms with Crippen LogP contribution in [-0.4, -0.2) is 30.5 Å².